The molecule has 30 heavy (non-hydrogen) atoms. The van der Waals surface area contributed by atoms with E-state index in [0.717, 1.165) is 49.5 Å². The Morgan fingerprint density at radius 1 is 1.33 bits per heavy atom. The van der Waals surface area contributed by atoms with Crippen molar-refractivity contribution in [2.75, 3.05) is 25.2 Å². The number of thiophene rings is 1. The van der Waals surface area contributed by atoms with Gasteiger partial charge in [0.05, 0.1) is 16.5 Å². The van der Waals surface area contributed by atoms with Crippen molar-refractivity contribution >= 4 is 55.0 Å². The Hall–Kier alpha value is -1.87. The van der Waals surface area contributed by atoms with Crippen LogP contribution in [0.3, 0.4) is 0 Å². The lowest BCUT2D eigenvalue weighted by atomic mass is 9.98. The molecule has 8 heteroatoms. The molecule has 2 aliphatic rings. The average Bonchev–Trinajstić information content (AvgIpc) is 3.16. The molecule has 0 radical (unpaired) electrons. The number of methoxy groups -OCH3 is 1. The normalized spacial score (nSPS) is 17.4. The fraction of sp³-hybridized carbons (Fsp3) is 0.364. The monoisotopic (exact) mass is 457 g/mol. The van der Waals surface area contributed by atoms with Gasteiger partial charge in [-0.25, -0.2) is 9.97 Å². The average molecular weight is 458 g/mol. The summed E-state index contributed by atoms with van der Waals surface area (Å²) in [4.78, 5) is 10.2. The van der Waals surface area contributed by atoms with Crippen molar-refractivity contribution in [3.05, 3.63) is 40.9 Å². The molecule has 0 aliphatic heterocycles. The number of rotatable bonds is 8. The third kappa shape index (κ3) is 3.77. The van der Waals surface area contributed by atoms with Crippen LogP contribution in [0.25, 0.3) is 26.5 Å². The number of hydrogen-bond acceptors (Lipinski definition) is 7. The van der Waals surface area contributed by atoms with Gasteiger partial charge in [-0.05, 0) is 48.8 Å². The molecule has 0 spiro atoms. The minimum atomic E-state index is -1.16. The highest BCUT2D eigenvalue weighted by molar-refractivity contribution is 7.87. The largest absolute Gasteiger partial charge is 0.396 e. The smallest absolute Gasteiger partial charge is 0.141 e. The third-order valence-corrected chi connectivity index (χ3v) is 9.33. The van der Waals surface area contributed by atoms with Crippen LogP contribution < -0.4 is 5.73 Å². The van der Waals surface area contributed by atoms with E-state index in [1.165, 1.54) is 35.3 Å². The van der Waals surface area contributed by atoms with Crippen LogP contribution in [0.15, 0.2) is 39.6 Å². The minimum absolute atomic E-state index is 0.537. The van der Waals surface area contributed by atoms with Gasteiger partial charge in [-0.1, -0.05) is 17.7 Å². The van der Waals surface area contributed by atoms with Crippen molar-refractivity contribution < 1.29 is 8.95 Å². The molecular formula is C22H23N3O2S3. The van der Waals surface area contributed by atoms with Crippen LogP contribution in [0.2, 0.25) is 0 Å². The van der Waals surface area contributed by atoms with Gasteiger partial charge in [-0.2, -0.15) is 0 Å². The topological polar surface area (TPSA) is 78.1 Å². The first kappa shape index (κ1) is 20.1. The first-order valence-corrected chi connectivity index (χ1v) is 13.1. The van der Waals surface area contributed by atoms with Crippen LogP contribution in [0.5, 0.6) is 0 Å². The van der Waals surface area contributed by atoms with Gasteiger partial charge in [0.1, 0.15) is 19.7 Å². The van der Waals surface area contributed by atoms with E-state index in [4.69, 9.17) is 15.5 Å². The maximum atomic E-state index is 12.9. The number of hydrogen-bond donors (Lipinski definition) is 1. The molecule has 5 nitrogen and oxygen atoms in total. The van der Waals surface area contributed by atoms with Gasteiger partial charge in [0.25, 0.3) is 0 Å². The van der Waals surface area contributed by atoms with Crippen LogP contribution in [-0.4, -0.2) is 33.6 Å². The summed E-state index contributed by atoms with van der Waals surface area (Å²) in [5.41, 5.74) is 11.9. The van der Waals surface area contributed by atoms with Gasteiger partial charge in [0.2, 0.25) is 0 Å². The van der Waals surface area contributed by atoms with Gasteiger partial charge in [-0.15, -0.1) is 22.7 Å². The molecule has 2 N–H and O–H groups in total. The molecule has 3 aromatic heterocycles. The lowest BCUT2D eigenvalue weighted by Gasteiger charge is -2.10. The lowest BCUT2D eigenvalue weighted by Crippen LogP contribution is -2.02. The van der Waals surface area contributed by atoms with Gasteiger partial charge >= 0.3 is 0 Å². The molecule has 0 amide bonds. The lowest BCUT2D eigenvalue weighted by molar-refractivity contribution is 0.200. The molecule has 5 rings (SSSR count). The van der Waals surface area contributed by atoms with E-state index in [-0.39, 0.29) is 0 Å². The standard InChI is InChI=1S/C22H23N3O2S3/c1-27-8-2-10-30(26)22-19(23)18-16(15-6-5-14(11-15)13-3-4-13)12-17(25-21(18)29-22)20-24-7-9-28-20/h5-7,9,12-13H,2-4,8,10-11,23H2,1H3. The molecule has 0 aromatic carbocycles. The molecule has 0 bridgehead atoms. The van der Waals surface area contributed by atoms with Crippen molar-refractivity contribution in [2.45, 2.75) is 29.9 Å². The zero-order valence-electron chi connectivity index (χ0n) is 16.7. The second-order valence-corrected chi connectivity index (χ2v) is 11.3. The van der Waals surface area contributed by atoms with E-state index in [1.54, 1.807) is 24.6 Å². The van der Waals surface area contributed by atoms with Crippen molar-refractivity contribution in [3.8, 4) is 10.7 Å². The number of nitrogens with zero attached hydrogens (tertiary/aromatic N) is 2. The molecule has 1 atom stereocenters. The number of ether oxygens (including phenoxy) is 1. The second-order valence-electron chi connectivity index (χ2n) is 7.66. The predicted molar refractivity (Wildman–Crippen MR) is 126 cm³/mol. The summed E-state index contributed by atoms with van der Waals surface area (Å²) < 4.78 is 18.8. The highest BCUT2D eigenvalue weighted by atomic mass is 32.2. The molecular weight excluding hydrogens is 434 g/mol. The summed E-state index contributed by atoms with van der Waals surface area (Å²) in [7, 11) is 0.501. The zero-order chi connectivity index (χ0) is 20.7. The van der Waals surface area contributed by atoms with E-state index >= 15 is 0 Å². The van der Waals surface area contributed by atoms with E-state index in [9.17, 15) is 4.21 Å². The van der Waals surface area contributed by atoms with Crippen molar-refractivity contribution in [1.29, 1.82) is 0 Å². The maximum absolute atomic E-state index is 12.9. The molecule has 1 fully saturated rings. The van der Waals surface area contributed by atoms with Crippen molar-refractivity contribution in [1.82, 2.24) is 9.97 Å². The summed E-state index contributed by atoms with van der Waals surface area (Å²) in [5, 5.41) is 3.79. The molecule has 3 aromatic rings. The number of anilines is 1. The Bertz CT molecular complexity index is 1170. The SMILES string of the molecule is COCCCS(=O)c1sc2nc(-c3nccs3)cc(C3=CC=C(C4CC4)C3)c2c1N. The van der Waals surface area contributed by atoms with Gasteiger partial charge in [-0.3, -0.25) is 4.21 Å². The Labute approximate surface area is 186 Å². The fourth-order valence-corrected chi connectivity index (χ4v) is 7.10. The Kier molecular flexibility index (Phi) is 5.58. The first-order valence-electron chi connectivity index (χ1n) is 10.1. The number of fused-ring (bicyclic) bond motifs is 1. The van der Waals surface area contributed by atoms with Crippen LogP contribution >= 0.6 is 22.7 Å². The third-order valence-electron chi connectivity index (χ3n) is 5.54. The van der Waals surface area contributed by atoms with Crippen molar-refractivity contribution in [2.24, 2.45) is 5.92 Å². The molecule has 1 saturated carbocycles. The number of thiazole rings is 1. The maximum Gasteiger partial charge on any atom is 0.141 e. The number of nitrogen functional groups attached to an aromatic ring is 1. The number of nitrogens with two attached hydrogens (primary N) is 1. The zero-order valence-corrected chi connectivity index (χ0v) is 19.2. The van der Waals surface area contributed by atoms with E-state index in [2.05, 4.69) is 23.2 Å². The minimum Gasteiger partial charge on any atom is -0.396 e. The summed E-state index contributed by atoms with van der Waals surface area (Å²) in [6.07, 6.45) is 10.6. The quantitative estimate of drug-likeness (QED) is 0.466. The molecule has 1 unspecified atom stereocenters. The van der Waals surface area contributed by atoms with Crippen LogP contribution in [0.4, 0.5) is 5.69 Å². The van der Waals surface area contributed by atoms with Gasteiger partial charge in [0, 0.05) is 36.4 Å². The molecule has 3 heterocycles. The molecule has 156 valence electrons. The summed E-state index contributed by atoms with van der Waals surface area (Å²) in [6, 6.07) is 2.11. The van der Waals surface area contributed by atoms with E-state index < -0.39 is 10.8 Å². The van der Waals surface area contributed by atoms with Crippen LogP contribution in [0, 0.1) is 5.92 Å². The second kappa shape index (κ2) is 8.34. The summed E-state index contributed by atoms with van der Waals surface area (Å²) >= 11 is 3.02. The van der Waals surface area contributed by atoms with Gasteiger partial charge < -0.3 is 10.5 Å². The highest BCUT2D eigenvalue weighted by Gasteiger charge is 2.29. The van der Waals surface area contributed by atoms with Gasteiger partial charge in [0.15, 0.2) is 0 Å². The summed E-state index contributed by atoms with van der Waals surface area (Å²) in [6.45, 7) is 0.594. The Morgan fingerprint density at radius 2 is 2.20 bits per heavy atom. The summed E-state index contributed by atoms with van der Waals surface area (Å²) in [5.74, 6) is 1.29. The number of aromatic nitrogens is 2. The highest BCUT2D eigenvalue weighted by Crippen LogP contribution is 2.47. The Balaban J connectivity index is 1.58. The van der Waals surface area contributed by atoms with E-state index in [0.29, 0.717) is 18.0 Å². The molecule has 2 aliphatic carbocycles. The number of allylic oxidation sites excluding steroid dienone is 4. The van der Waals surface area contributed by atoms with Crippen LogP contribution in [-0.2, 0) is 15.5 Å². The first-order chi connectivity index (χ1) is 14.7. The van der Waals surface area contributed by atoms with E-state index in [1.807, 2.05) is 5.38 Å². The van der Waals surface area contributed by atoms with Crippen LogP contribution in [0.1, 0.15) is 31.2 Å². The molecule has 0 saturated heterocycles. The Morgan fingerprint density at radius 3 is 2.93 bits per heavy atom. The van der Waals surface area contributed by atoms with Crippen molar-refractivity contribution in [3.63, 3.8) is 0 Å². The number of pyridine rings is 1. The predicted octanol–water partition coefficient (Wildman–Crippen LogP) is 5.27. The fourth-order valence-electron chi connectivity index (χ4n) is 3.87.